The lowest BCUT2D eigenvalue weighted by Crippen LogP contribution is -2.61. The number of aliphatic hydroxyl groups excluding tert-OH is 1. The Bertz CT molecular complexity index is 314. The van der Waals surface area contributed by atoms with Crippen LogP contribution in [-0.2, 0) is 0 Å². The van der Waals surface area contributed by atoms with Crippen molar-refractivity contribution in [2.24, 2.45) is 5.92 Å². The van der Waals surface area contributed by atoms with Crippen LogP contribution in [0.3, 0.4) is 0 Å². The van der Waals surface area contributed by atoms with Gasteiger partial charge in [0.2, 0.25) is 0 Å². The van der Waals surface area contributed by atoms with Crippen molar-refractivity contribution in [2.45, 2.75) is 61.4 Å². The van der Waals surface area contributed by atoms with E-state index in [1.54, 1.807) is 0 Å². The lowest BCUT2D eigenvalue weighted by Gasteiger charge is -2.36. The number of thioether (sulfide) groups is 1. The van der Waals surface area contributed by atoms with Crippen molar-refractivity contribution in [1.82, 2.24) is 10.6 Å². The van der Waals surface area contributed by atoms with Crippen molar-refractivity contribution in [3.63, 3.8) is 0 Å². The minimum atomic E-state index is -4.32. The van der Waals surface area contributed by atoms with Crippen molar-refractivity contribution < 1.29 is 18.3 Å². The Morgan fingerprint density at radius 1 is 1.15 bits per heavy atom. The lowest BCUT2D eigenvalue weighted by molar-refractivity contribution is -0.171. The number of rotatable bonds is 3. The first-order valence-corrected chi connectivity index (χ1v) is 8.35. The first-order valence-electron chi connectivity index (χ1n) is 6.87. The predicted octanol–water partition coefficient (Wildman–Crippen LogP) is 2.63. The Hall–Kier alpha value is 0.310. The molecule has 2 fully saturated rings. The first kappa shape index (κ1) is 16.7. The van der Waals surface area contributed by atoms with Gasteiger partial charge in [0.05, 0.1) is 0 Å². The third-order valence-electron chi connectivity index (χ3n) is 3.83. The summed E-state index contributed by atoms with van der Waals surface area (Å²) in [4.78, 5) is 0. The van der Waals surface area contributed by atoms with Gasteiger partial charge in [-0.15, -0.1) is 23.4 Å². The maximum Gasteiger partial charge on any atom is 0.404 e. The second-order valence-electron chi connectivity index (χ2n) is 5.51. The van der Waals surface area contributed by atoms with E-state index < -0.39 is 23.9 Å². The van der Waals surface area contributed by atoms with Crippen molar-refractivity contribution in [2.75, 3.05) is 5.75 Å². The van der Waals surface area contributed by atoms with Crippen molar-refractivity contribution in [3.05, 3.63) is 0 Å². The van der Waals surface area contributed by atoms with E-state index >= 15 is 0 Å². The van der Waals surface area contributed by atoms with E-state index in [9.17, 15) is 18.3 Å². The van der Waals surface area contributed by atoms with Crippen LogP contribution in [0.25, 0.3) is 0 Å². The minimum absolute atomic E-state index is 0.249. The van der Waals surface area contributed by atoms with Gasteiger partial charge in [0.15, 0.2) is 0 Å². The molecule has 0 aromatic heterocycles. The summed E-state index contributed by atoms with van der Waals surface area (Å²) in [5.41, 5.74) is -0.556. The monoisotopic (exact) mass is 332 g/mol. The van der Waals surface area contributed by atoms with Crippen molar-refractivity contribution in [3.8, 4) is 0 Å². The molecule has 1 saturated carbocycles. The van der Waals surface area contributed by atoms with Crippen molar-refractivity contribution >= 4 is 23.4 Å². The third-order valence-corrected chi connectivity index (χ3v) is 5.53. The van der Waals surface area contributed by atoms with Crippen LogP contribution in [0.2, 0.25) is 0 Å². The highest BCUT2D eigenvalue weighted by Gasteiger charge is 2.44. The maximum absolute atomic E-state index is 12.7. The first-order chi connectivity index (χ1) is 9.34. The van der Waals surface area contributed by atoms with E-state index in [2.05, 4.69) is 10.6 Å². The van der Waals surface area contributed by atoms with Gasteiger partial charge in [-0.1, -0.05) is 0 Å². The Morgan fingerprint density at radius 2 is 1.80 bits per heavy atom. The number of aliphatic hydroxyl groups is 1. The molecule has 2 aliphatic rings. The van der Waals surface area contributed by atoms with E-state index in [4.69, 9.17) is 11.6 Å². The van der Waals surface area contributed by atoms with Gasteiger partial charge in [0.25, 0.3) is 0 Å². The minimum Gasteiger partial charge on any atom is -0.378 e. The van der Waals surface area contributed by atoms with Gasteiger partial charge in [-0.2, -0.15) is 13.2 Å². The van der Waals surface area contributed by atoms with E-state index in [0.717, 1.165) is 31.4 Å². The van der Waals surface area contributed by atoms with Gasteiger partial charge in [0.1, 0.15) is 17.8 Å². The molecule has 1 aliphatic carbocycles. The second-order valence-corrected chi connectivity index (χ2v) is 7.27. The smallest absolute Gasteiger partial charge is 0.378 e. The summed E-state index contributed by atoms with van der Waals surface area (Å²) in [6, 6.07) is -1.64. The summed E-state index contributed by atoms with van der Waals surface area (Å²) >= 11 is 7.43. The Labute approximate surface area is 126 Å². The summed E-state index contributed by atoms with van der Waals surface area (Å²) in [5, 5.41) is 15.0. The molecule has 8 heteroatoms. The average Bonchev–Trinajstić information content (AvgIpc) is 2.36. The number of hydrogen-bond acceptors (Lipinski definition) is 4. The van der Waals surface area contributed by atoms with Crippen LogP contribution in [-0.4, -0.2) is 40.2 Å². The molecule has 118 valence electrons. The standard InChI is InChI=1S/C12H20ClF3N2OS/c13-8-3-1-7(2-4-8)6-20-11-17-9(12(14,15)16)5-10(19)18-11/h7-11,17-19H,1-6H2. The molecule has 0 spiro atoms. The summed E-state index contributed by atoms with van der Waals surface area (Å²) in [7, 11) is 0. The molecule has 0 aromatic carbocycles. The molecule has 3 nitrogen and oxygen atoms in total. The molecule has 3 N–H and O–H groups in total. The number of nitrogens with one attached hydrogen (secondary N) is 2. The quantitative estimate of drug-likeness (QED) is 0.695. The zero-order valence-electron chi connectivity index (χ0n) is 11.0. The van der Waals surface area contributed by atoms with Gasteiger partial charge in [0, 0.05) is 11.8 Å². The molecule has 3 unspecified atom stereocenters. The molecule has 1 heterocycles. The van der Waals surface area contributed by atoms with E-state index in [1.807, 2.05) is 0 Å². The van der Waals surface area contributed by atoms with E-state index in [1.165, 1.54) is 11.8 Å². The Balaban J connectivity index is 1.77. The van der Waals surface area contributed by atoms with Crippen LogP contribution < -0.4 is 10.6 Å². The summed E-state index contributed by atoms with van der Waals surface area (Å²) in [6.45, 7) is 0. The van der Waals surface area contributed by atoms with Gasteiger partial charge < -0.3 is 5.11 Å². The third kappa shape index (κ3) is 4.94. The highest BCUT2D eigenvalue weighted by molar-refractivity contribution is 7.99. The van der Waals surface area contributed by atoms with Crippen LogP contribution in [0.15, 0.2) is 0 Å². The summed E-state index contributed by atoms with van der Waals surface area (Å²) < 4.78 is 38.1. The maximum atomic E-state index is 12.7. The van der Waals surface area contributed by atoms with E-state index in [0.29, 0.717) is 5.92 Å². The molecular weight excluding hydrogens is 313 g/mol. The van der Waals surface area contributed by atoms with Gasteiger partial charge in [-0.05, 0) is 37.4 Å². The van der Waals surface area contributed by atoms with Gasteiger partial charge >= 0.3 is 6.18 Å². The largest absolute Gasteiger partial charge is 0.404 e. The van der Waals surface area contributed by atoms with Crippen LogP contribution >= 0.6 is 23.4 Å². The fourth-order valence-electron chi connectivity index (χ4n) is 2.61. The van der Waals surface area contributed by atoms with Crippen LogP contribution in [0, 0.1) is 5.92 Å². The molecule has 20 heavy (non-hydrogen) atoms. The highest BCUT2D eigenvalue weighted by Crippen LogP contribution is 2.32. The molecule has 3 atom stereocenters. The van der Waals surface area contributed by atoms with Crippen LogP contribution in [0.5, 0.6) is 0 Å². The fraction of sp³-hybridized carbons (Fsp3) is 1.00. The normalized spacial score (nSPS) is 39.8. The van der Waals surface area contributed by atoms with Gasteiger partial charge in [-0.25, -0.2) is 0 Å². The van der Waals surface area contributed by atoms with Crippen molar-refractivity contribution in [1.29, 1.82) is 0 Å². The molecule has 0 bridgehead atoms. The summed E-state index contributed by atoms with van der Waals surface area (Å²) in [5.74, 6) is 1.29. The zero-order chi connectivity index (χ0) is 14.8. The molecule has 0 radical (unpaired) electrons. The lowest BCUT2D eigenvalue weighted by atomic mass is 9.90. The molecule has 2 rings (SSSR count). The molecular formula is C12H20ClF3N2OS. The number of halogens is 4. The Morgan fingerprint density at radius 3 is 2.40 bits per heavy atom. The molecule has 1 aliphatic heterocycles. The summed E-state index contributed by atoms with van der Waals surface area (Å²) in [6.07, 6.45) is -1.77. The topological polar surface area (TPSA) is 44.3 Å². The average molecular weight is 333 g/mol. The number of hydrogen-bond donors (Lipinski definition) is 3. The van der Waals surface area contributed by atoms with Crippen LogP contribution in [0.4, 0.5) is 13.2 Å². The second kappa shape index (κ2) is 7.05. The SMILES string of the molecule is OC1CC(C(F)(F)F)NC(SCC2CCC(Cl)CC2)N1. The van der Waals surface area contributed by atoms with Gasteiger partial charge in [-0.3, -0.25) is 10.6 Å². The van der Waals surface area contributed by atoms with Crippen LogP contribution in [0.1, 0.15) is 32.1 Å². The predicted molar refractivity (Wildman–Crippen MR) is 74.6 cm³/mol. The fourth-order valence-corrected chi connectivity index (χ4v) is 4.17. The number of alkyl halides is 4. The molecule has 1 saturated heterocycles. The van der Waals surface area contributed by atoms with E-state index in [-0.39, 0.29) is 11.8 Å². The Kier molecular flexibility index (Phi) is 5.88. The molecule has 0 amide bonds. The molecule has 0 aromatic rings. The highest BCUT2D eigenvalue weighted by atomic mass is 35.5. The zero-order valence-corrected chi connectivity index (χ0v) is 12.6.